The van der Waals surface area contributed by atoms with Gasteiger partial charge in [-0.1, -0.05) is 33.6 Å². The molecule has 1 saturated carbocycles. The van der Waals surface area contributed by atoms with Crippen molar-refractivity contribution < 1.29 is 9.59 Å². The van der Waals surface area contributed by atoms with Crippen LogP contribution in [0.5, 0.6) is 0 Å². The average molecular weight is 505 g/mol. The predicted molar refractivity (Wildman–Crippen MR) is 141 cm³/mol. The van der Waals surface area contributed by atoms with E-state index in [1.807, 2.05) is 24.3 Å². The topological polar surface area (TPSA) is 75.2 Å². The zero-order valence-corrected chi connectivity index (χ0v) is 22.9. The molecular formula is C26H40N4O2S2. The average Bonchev–Trinajstić information content (AvgIpc) is 3.39. The van der Waals surface area contributed by atoms with Crippen molar-refractivity contribution >= 4 is 34.5 Å². The van der Waals surface area contributed by atoms with Gasteiger partial charge >= 0.3 is 0 Å². The van der Waals surface area contributed by atoms with E-state index < -0.39 is 0 Å². The number of carbonyl (C=O) groups is 2. The van der Waals surface area contributed by atoms with Gasteiger partial charge in [0.1, 0.15) is 5.69 Å². The van der Waals surface area contributed by atoms with Gasteiger partial charge in [0.05, 0.1) is 10.0 Å². The first-order valence-corrected chi connectivity index (χ1v) is 14.4. The minimum absolute atomic E-state index is 0.0638. The van der Waals surface area contributed by atoms with Gasteiger partial charge in [-0.05, 0) is 44.4 Å². The smallest absolute Gasteiger partial charge is 0.270 e. The summed E-state index contributed by atoms with van der Waals surface area (Å²) >= 11 is 3.19. The Hall–Kier alpha value is -1.80. The number of aryl methyl sites for hydroxylation is 2. The molecule has 6 nitrogen and oxygen atoms in total. The SMILES string of the molecule is CCC[C@H](Cc1nc(C)cs1)NC(=O)c1csc(CCC(C(C)C)N(C)C(=O)CC2CCC2)n1. The number of carbonyl (C=O) groups excluding carboxylic acids is 2. The van der Waals surface area contributed by atoms with Crippen molar-refractivity contribution in [3.63, 3.8) is 0 Å². The highest BCUT2D eigenvalue weighted by Gasteiger charge is 2.27. The monoisotopic (exact) mass is 504 g/mol. The quantitative estimate of drug-likeness (QED) is 0.382. The Bertz CT molecular complexity index is 935. The molecule has 2 aromatic rings. The van der Waals surface area contributed by atoms with Crippen LogP contribution in [-0.4, -0.2) is 45.8 Å². The van der Waals surface area contributed by atoms with Crippen LogP contribution >= 0.6 is 22.7 Å². The van der Waals surface area contributed by atoms with Crippen LogP contribution < -0.4 is 5.32 Å². The van der Waals surface area contributed by atoms with Gasteiger partial charge in [-0.15, -0.1) is 22.7 Å². The Kier molecular flexibility index (Phi) is 10.1. The summed E-state index contributed by atoms with van der Waals surface area (Å²) in [6.45, 7) is 8.48. The van der Waals surface area contributed by atoms with Gasteiger partial charge in [-0.2, -0.15) is 0 Å². The van der Waals surface area contributed by atoms with Gasteiger partial charge in [0.25, 0.3) is 5.91 Å². The maximum absolute atomic E-state index is 12.9. The van der Waals surface area contributed by atoms with Crippen LogP contribution in [0.4, 0.5) is 0 Å². The molecule has 2 aromatic heterocycles. The summed E-state index contributed by atoms with van der Waals surface area (Å²) in [4.78, 5) is 36.8. The number of hydrogen-bond acceptors (Lipinski definition) is 6. The van der Waals surface area contributed by atoms with E-state index in [0.717, 1.165) is 47.8 Å². The van der Waals surface area contributed by atoms with E-state index in [9.17, 15) is 9.59 Å². The minimum atomic E-state index is -0.109. The lowest BCUT2D eigenvalue weighted by Crippen LogP contribution is -2.41. The van der Waals surface area contributed by atoms with Gasteiger partial charge < -0.3 is 10.2 Å². The number of amides is 2. The lowest BCUT2D eigenvalue weighted by molar-refractivity contribution is -0.134. The molecule has 0 saturated heterocycles. The minimum Gasteiger partial charge on any atom is -0.348 e. The maximum Gasteiger partial charge on any atom is 0.270 e. The van der Waals surface area contributed by atoms with Crippen LogP contribution in [0.3, 0.4) is 0 Å². The van der Waals surface area contributed by atoms with E-state index in [1.54, 1.807) is 11.3 Å². The van der Waals surface area contributed by atoms with Crippen molar-refractivity contribution in [3.8, 4) is 0 Å². The lowest BCUT2D eigenvalue weighted by Gasteiger charge is -2.34. The van der Waals surface area contributed by atoms with Crippen molar-refractivity contribution in [1.82, 2.24) is 20.2 Å². The van der Waals surface area contributed by atoms with E-state index in [1.165, 1.54) is 30.6 Å². The third-order valence-corrected chi connectivity index (χ3v) is 8.74. The van der Waals surface area contributed by atoms with Crippen molar-refractivity contribution in [2.75, 3.05) is 7.05 Å². The molecule has 2 amide bonds. The molecule has 34 heavy (non-hydrogen) atoms. The first-order valence-electron chi connectivity index (χ1n) is 12.7. The second-order valence-corrected chi connectivity index (χ2v) is 11.9. The molecule has 0 radical (unpaired) electrons. The Morgan fingerprint density at radius 1 is 1.15 bits per heavy atom. The summed E-state index contributed by atoms with van der Waals surface area (Å²) in [5.41, 5.74) is 1.52. The molecule has 0 aromatic carbocycles. The molecular weight excluding hydrogens is 464 g/mol. The fourth-order valence-corrected chi connectivity index (χ4v) is 6.24. The Balaban J connectivity index is 1.54. The first kappa shape index (κ1) is 26.8. The van der Waals surface area contributed by atoms with Gasteiger partial charge in [0.2, 0.25) is 5.91 Å². The molecule has 1 N–H and O–H groups in total. The summed E-state index contributed by atoms with van der Waals surface area (Å²) in [7, 11) is 1.95. The van der Waals surface area contributed by atoms with E-state index >= 15 is 0 Å². The number of aromatic nitrogens is 2. The molecule has 3 rings (SSSR count). The van der Waals surface area contributed by atoms with Crippen LogP contribution in [0, 0.1) is 18.8 Å². The van der Waals surface area contributed by atoms with Crippen LogP contribution in [-0.2, 0) is 17.6 Å². The molecule has 0 aliphatic heterocycles. The van der Waals surface area contributed by atoms with E-state index in [4.69, 9.17) is 0 Å². The Morgan fingerprint density at radius 2 is 1.88 bits per heavy atom. The zero-order chi connectivity index (χ0) is 24.7. The molecule has 1 unspecified atom stereocenters. The maximum atomic E-state index is 12.9. The normalized spacial score (nSPS) is 15.7. The molecule has 1 aliphatic carbocycles. The van der Waals surface area contributed by atoms with Crippen molar-refractivity contribution in [2.24, 2.45) is 11.8 Å². The van der Waals surface area contributed by atoms with Gasteiger partial charge in [0, 0.05) is 54.8 Å². The number of rotatable bonds is 13. The van der Waals surface area contributed by atoms with Crippen LogP contribution in [0.25, 0.3) is 0 Å². The zero-order valence-electron chi connectivity index (χ0n) is 21.3. The third-order valence-electron chi connectivity index (χ3n) is 6.85. The standard InChI is InChI=1S/C26H40N4O2S2/c1-6-8-20(14-24-27-18(4)15-33-24)28-26(32)21-16-34-23(29-21)12-11-22(17(2)3)30(5)25(31)13-19-9-7-10-19/h15-17,19-20,22H,6-14H2,1-5H3,(H,28,32)/t20-,22?/m1/s1. The van der Waals surface area contributed by atoms with Gasteiger partial charge in [-0.3, -0.25) is 9.59 Å². The van der Waals surface area contributed by atoms with E-state index in [0.29, 0.717) is 24.0 Å². The van der Waals surface area contributed by atoms with Crippen molar-refractivity contribution in [1.29, 1.82) is 0 Å². The summed E-state index contributed by atoms with van der Waals surface area (Å²) in [5.74, 6) is 1.11. The molecule has 0 bridgehead atoms. The van der Waals surface area contributed by atoms with Crippen LogP contribution in [0.1, 0.15) is 91.9 Å². The molecule has 1 aliphatic rings. The molecule has 0 spiro atoms. The predicted octanol–water partition coefficient (Wildman–Crippen LogP) is 5.66. The third kappa shape index (κ3) is 7.60. The van der Waals surface area contributed by atoms with Crippen LogP contribution in [0.2, 0.25) is 0 Å². The fraction of sp³-hybridized carbons (Fsp3) is 0.692. The highest BCUT2D eigenvalue weighted by molar-refractivity contribution is 7.10. The van der Waals surface area contributed by atoms with E-state index in [2.05, 4.69) is 41.4 Å². The summed E-state index contributed by atoms with van der Waals surface area (Å²) in [6.07, 6.45) is 8.64. The first-order chi connectivity index (χ1) is 16.3. The van der Waals surface area contributed by atoms with Crippen molar-refractivity contribution in [3.05, 3.63) is 32.2 Å². The van der Waals surface area contributed by atoms with Gasteiger partial charge in [-0.25, -0.2) is 9.97 Å². The van der Waals surface area contributed by atoms with Gasteiger partial charge in [0.15, 0.2) is 0 Å². The molecule has 2 heterocycles. The second kappa shape index (κ2) is 12.8. The second-order valence-electron chi connectivity index (χ2n) is 10.0. The Morgan fingerprint density at radius 3 is 2.47 bits per heavy atom. The summed E-state index contributed by atoms with van der Waals surface area (Å²) < 4.78 is 0. The molecule has 2 atom stereocenters. The molecule has 188 valence electrons. The number of hydrogen-bond donors (Lipinski definition) is 1. The fourth-order valence-electron chi connectivity index (χ4n) is 4.59. The lowest BCUT2D eigenvalue weighted by atomic mass is 9.82. The summed E-state index contributed by atoms with van der Waals surface area (Å²) in [5, 5.41) is 9.10. The highest BCUT2D eigenvalue weighted by atomic mass is 32.1. The highest BCUT2D eigenvalue weighted by Crippen LogP contribution is 2.30. The number of nitrogens with one attached hydrogen (secondary N) is 1. The van der Waals surface area contributed by atoms with E-state index in [-0.39, 0.29) is 23.9 Å². The Labute approximate surface area is 212 Å². The molecule has 8 heteroatoms. The van der Waals surface area contributed by atoms with Crippen molar-refractivity contribution in [2.45, 2.75) is 97.6 Å². The van der Waals surface area contributed by atoms with Crippen LogP contribution in [0.15, 0.2) is 10.8 Å². The number of thiazole rings is 2. The number of nitrogens with zero attached hydrogens (tertiary/aromatic N) is 3. The largest absolute Gasteiger partial charge is 0.348 e. The summed E-state index contributed by atoms with van der Waals surface area (Å²) in [6, 6.07) is 0.248. The molecule has 1 fully saturated rings.